The van der Waals surface area contributed by atoms with E-state index in [1.807, 2.05) is 20.8 Å². The average Bonchev–Trinajstić information content (AvgIpc) is 2.24. The van der Waals surface area contributed by atoms with E-state index in [0.717, 1.165) is 12.5 Å². The van der Waals surface area contributed by atoms with Gasteiger partial charge < -0.3 is 5.32 Å². The second-order valence-corrected chi connectivity index (χ2v) is 4.73. The Morgan fingerprint density at radius 3 is 2.44 bits per heavy atom. The van der Waals surface area contributed by atoms with E-state index in [9.17, 15) is 8.78 Å². The van der Waals surface area contributed by atoms with Crippen molar-refractivity contribution in [2.45, 2.75) is 33.2 Å². The third-order valence-corrected chi connectivity index (χ3v) is 3.25. The van der Waals surface area contributed by atoms with Crippen LogP contribution in [0.4, 0.5) is 8.78 Å². The minimum atomic E-state index is -0.399. The Labute approximate surface area is 95.9 Å². The summed E-state index contributed by atoms with van der Waals surface area (Å²) < 4.78 is 26.8. The van der Waals surface area contributed by atoms with Crippen LogP contribution in [0, 0.1) is 17.0 Å². The Morgan fingerprint density at radius 2 is 1.94 bits per heavy atom. The lowest BCUT2D eigenvalue weighted by atomic mass is 9.78. The molecule has 0 saturated carbocycles. The molecule has 3 heteroatoms. The highest BCUT2D eigenvalue weighted by molar-refractivity contribution is 5.24. The molecule has 1 atom stereocenters. The van der Waals surface area contributed by atoms with Crippen LogP contribution in [0.1, 0.15) is 38.8 Å². The largest absolute Gasteiger partial charge is 0.312 e. The molecule has 1 rings (SSSR count). The number of rotatable bonds is 4. The van der Waals surface area contributed by atoms with Crippen LogP contribution in [-0.2, 0) is 0 Å². The molecule has 0 spiro atoms. The first-order valence-corrected chi connectivity index (χ1v) is 5.54. The molecule has 0 aliphatic carbocycles. The fourth-order valence-electron chi connectivity index (χ4n) is 1.91. The summed E-state index contributed by atoms with van der Waals surface area (Å²) in [5, 5.41) is 3.07. The van der Waals surface area contributed by atoms with Gasteiger partial charge in [-0.1, -0.05) is 20.8 Å². The molecule has 0 radical (unpaired) electrons. The maximum Gasteiger partial charge on any atom is 0.128 e. The molecule has 0 bridgehead atoms. The summed E-state index contributed by atoms with van der Waals surface area (Å²) in [6.45, 7) is 6.12. The summed E-state index contributed by atoms with van der Waals surface area (Å²) in [4.78, 5) is 0. The predicted octanol–water partition coefficient (Wildman–Crippen LogP) is 3.66. The molecule has 0 aliphatic rings. The molecule has 1 aromatic carbocycles. The monoisotopic (exact) mass is 227 g/mol. The third-order valence-electron chi connectivity index (χ3n) is 3.25. The molecular weight excluding hydrogens is 208 g/mol. The Balaban J connectivity index is 3.18. The standard InChI is InChI=1S/C13H19F2N/c1-5-13(2,3)12(16-4)10-8-9(14)6-7-11(10)15/h6-8,12,16H,5H2,1-4H3. The number of nitrogens with one attached hydrogen (secondary N) is 1. The first-order chi connectivity index (χ1) is 7.42. The van der Waals surface area contributed by atoms with Gasteiger partial charge in [0.1, 0.15) is 11.6 Å². The van der Waals surface area contributed by atoms with Gasteiger partial charge in [0.2, 0.25) is 0 Å². The molecule has 0 aromatic heterocycles. The lowest BCUT2D eigenvalue weighted by molar-refractivity contribution is 0.239. The van der Waals surface area contributed by atoms with Gasteiger partial charge in [0.05, 0.1) is 0 Å². The summed E-state index contributed by atoms with van der Waals surface area (Å²) in [5.74, 6) is -0.758. The summed E-state index contributed by atoms with van der Waals surface area (Å²) in [6.07, 6.45) is 0.883. The van der Waals surface area contributed by atoms with Crippen LogP contribution in [-0.4, -0.2) is 7.05 Å². The lowest BCUT2D eigenvalue weighted by Gasteiger charge is -2.33. The molecule has 90 valence electrons. The van der Waals surface area contributed by atoms with Crippen LogP contribution >= 0.6 is 0 Å². The minimum absolute atomic E-state index is 0.122. The van der Waals surface area contributed by atoms with Crippen LogP contribution in [0.15, 0.2) is 18.2 Å². The smallest absolute Gasteiger partial charge is 0.128 e. The highest BCUT2D eigenvalue weighted by Gasteiger charge is 2.30. The van der Waals surface area contributed by atoms with Crippen molar-refractivity contribution in [1.29, 1.82) is 0 Å². The van der Waals surface area contributed by atoms with Crippen LogP contribution in [0.2, 0.25) is 0 Å². The van der Waals surface area contributed by atoms with Crippen molar-refractivity contribution in [1.82, 2.24) is 5.32 Å². The highest BCUT2D eigenvalue weighted by Crippen LogP contribution is 2.37. The molecular formula is C13H19F2N. The number of benzene rings is 1. The molecule has 1 unspecified atom stereocenters. The summed E-state index contributed by atoms with van der Waals surface area (Å²) >= 11 is 0. The summed E-state index contributed by atoms with van der Waals surface area (Å²) in [5.41, 5.74) is 0.276. The minimum Gasteiger partial charge on any atom is -0.312 e. The first kappa shape index (κ1) is 13.1. The maximum atomic E-state index is 13.7. The number of hydrogen-bond acceptors (Lipinski definition) is 1. The van der Waals surface area contributed by atoms with E-state index >= 15 is 0 Å². The molecule has 0 aliphatic heterocycles. The molecule has 0 amide bonds. The van der Waals surface area contributed by atoms with E-state index in [2.05, 4.69) is 5.32 Å². The topological polar surface area (TPSA) is 12.0 Å². The zero-order valence-corrected chi connectivity index (χ0v) is 10.3. The summed E-state index contributed by atoms with van der Waals surface area (Å²) in [6, 6.07) is 3.41. The second-order valence-electron chi connectivity index (χ2n) is 4.73. The molecule has 0 heterocycles. The van der Waals surface area contributed by atoms with Crippen molar-refractivity contribution in [3.8, 4) is 0 Å². The van der Waals surface area contributed by atoms with Gasteiger partial charge in [-0.3, -0.25) is 0 Å². The van der Waals surface area contributed by atoms with Crippen molar-refractivity contribution in [2.24, 2.45) is 5.41 Å². The zero-order chi connectivity index (χ0) is 12.3. The normalized spacial score (nSPS) is 13.9. The molecule has 16 heavy (non-hydrogen) atoms. The van der Waals surface area contributed by atoms with Crippen LogP contribution in [0.25, 0.3) is 0 Å². The maximum absolute atomic E-state index is 13.7. The van der Waals surface area contributed by atoms with Crippen molar-refractivity contribution in [3.05, 3.63) is 35.4 Å². The predicted molar refractivity (Wildman–Crippen MR) is 62.2 cm³/mol. The fraction of sp³-hybridized carbons (Fsp3) is 0.538. The zero-order valence-electron chi connectivity index (χ0n) is 10.3. The average molecular weight is 227 g/mol. The van der Waals surface area contributed by atoms with Gasteiger partial charge in [-0.25, -0.2) is 8.78 Å². The molecule has 0 saturated heterocycles. The number of hydrogen-bond donors (Lipinski definition) is 1. The molecule has 1 nitrogen and oxygen atoms in total. The Hall–Kier alpha value is -0.960. The fourth-order valence-corrected chi connectivity index (χ4v) is 1.91. The van der Waals surface area contributed by atoms with E-state index in [1.54, 1.807) is 7.05 Å². The van der Waals surface area contributed by atoms with Crippen molar-refractivity contribution in [2.75, 3.05) is 7.05 Å². The highest BCUT2D eigenvalue weighted by atomic mass is 19.1. The Bertz CT molecular complexity index is 361. The van der Waals surface area contributed by atoms with Crippen molar-refractivity contribution >= 4 is 0 Å². The van der Waals surface area contributed by atoms with Gasteiger partial charge in [-0.05, 0) is 37.1 Å². The van der Waals surface area contributed by atoms with Gasteiger partial charge in [-0.2, -0.15) is 0 Å². The van der Waals surface area contributed by atoms with E-state index in [4.69, 9.17) is 0 Å². The second kappa shape index (κ2) is 4.91. The van der Waals surface area contributed by atoms with E-state index in [0.29, 0.717) is 5.56 Å². The molecule has 1 N–H and O–H groups in total. The lowest BCUT2D eigenvalue weighted by Crippen LogP contribution is -2.32. The van der Waals surface area contributed by atoms with Gasteiger partial charge in [-0.15, -0.1) is 0 Å². The van der Waals surface area contributed by atoms with Crippen LogP contribution in [0.3, 0.4) is 0 Å². The van der Waals surface area contributed by atoms with Crippen molar-refractivity contribution < 1.29 is 8.78 Å². The van der Waals surface area contributed by atoms with Crippen molar-refractivity contribution in [3.63, 3.8) is 0 Å². The molecule has 1 aromatic rings. The molecule has 0 fully saturated rings. The van der Waals surface area contributed by atoms with Gasteiger partial charge in [0.25, 0.3) is 0 Å². The van der Waals surface area contributed by atoms with Crippen LogP contribution < -0.4 is 5.32 Å². The van der Waals surface area contributed by atoms with E-state index < -0.39 is 5.82 Å². The summed E-state index contributed by atoms with van der Waals surface area (Å²) in [7, 11) is 1.77. The third kappa shape index (κ3) is 2.59. The van der Waals surface area contributed by atoms with E-state index in [1.165, 1.54) is 12.1 Å². The van der Waals surface area contributed by atoms with Crippen LogP contribution in [0.5, 0.6) is 0 Å². The van der Waals surface area contributed by atoms with Gasteiger partial charge in [0, 0.05) is 11.6 Å². The SMILES string of the molecule is CCC(C)(C)C(NC)c1cc(F)ccc1F. The van der Waals surface area contributed by atoms with Gasteiger partial charge >= 0.3 is 0 Å². The Morgan fingerprint density at radius 1 is 1.31 bits per heavy atom. The Kier molecular flexibility index (Phi) is 4.03. The quantitative estimate of drug-likeness (QED) is 0.827. The number of halogens is 2. The van der Waals surface area contributed by atoms with Gasteiger partial charge in [0.15, 0.2) is 0 Å². The van der Waals surface area contributed by atoms with E-state index in [-0.39, 0.29) is 17.3 Å². The first-order valence-electron chi connectivity index (χ1n) is 5.54.